The smallest absolute Gasteiger partial charge is 0.409 e. The van der Waals surface area contributed by atoms with Crippen molar-refractivity contribution in [1.29, 1.82) is 0 Å². The first-order chi connectivity index (χ1) is 8.86. The number of halogens is 3. The Morgan fingerprint density at radius 3 is 2.26 bits per heavy atom. The Labute approximate surface area is 108 Å². The summed E-state index contributed by atoms with van der Waals surface area (Å²) in [6, 6.07) is 3.93. The van der Waals surface area contributed by atoms with Crippen LogP contribution in [0.2, 0.25) is 0 Å². The van der Waals surface area contributed by atoms with Crippen LogP contribution in [0.3, 0.4) is 0 Å². The lowest BCUT2D eigenvalue weighted by molar-refractivity contribution is -0.159. The highest BCUT2D eigenvalue weighted by Gasteiger charge is 2.41. The number of anilines is 1. The minimum atomic E-state index is -4.55. The van der Waals surface area contributed by atoms with Gasteiger partial charge in [-0.1, -0.05) is 0 Å². The number of rotatable bonds is 5. The van der Waals surface area contributed by atoms with Crippen molar-refractivity contribution in [1.82, 2.24) is 0 Å². The van der Waals surface area contributed by atoms with Gasteiger partial charge in [-0.15, -0.1) is 0 Å². The Bertz CT molecular complexity index is 417. The van der Waals surface area contributed by atoms with E-state index in [0.717, 1.165) is 7.11 Å². The Hall–Kier alpha value is -1.92. The third-order valence-electron chi connectivity index (χ3n) is 2.42. The van der Waals surface area contributed by atoms with Crippen LogP contribution in [0.15, 0.2) is 24.3 Å². The molecule has 1 atom stereocenters. The van der Waals surface area contributed by atoms with Gasteiger partial charge in [0.25, 0.3) is 0 Å². The highest BCUT2D eigenvalue weighted by Crippen LogP contribution is 2.27. The molecule has 0 unspecified atom stereocenters. The molecule has 0 heterocycles. The number of nitrogens with one attached hydrogen (secondary N) is 1. The topological polar surface area (TPSA) is 47.6 Å². The molecule has 0 spiro atoms. The molecule has 0 amide bonds. The Balaban J connectivity index is 2.78. The van der Waals surface area contributed by atoms with Crippen LogP contribution in [-0.2, 0) is 9.53 Å². The van der Waals surface area contributed by atoms with Gasteiger partial charge in [0.15, 0.2) is 0 Å². The summed E-state index contributed by atoms with van der Waals surface area (Å²) >= 11 is 0. The average molecular weight is 277 g/mol. The SMILES string of the molecule is COC(=O)C[C@@H](Nc1ccc(OC)cc1)C(F)(F)F. The van der Waals surface area contributed by atoms with E-state index >= 15 is 0 Å². The van der Waals surface area contributed by atoms with Crippen molar-refractivity contribution in [3.8, 4) is 5.75 Å². The van der Waals surface area contributed by atoms with Gasteiger partial charge in [-0.3, -0.25) is 4.79 Å². The molecule has 0 saturated carbocycles. The van der Waals surface area contributed by atoms with Crippen LogP contribution in [0.1, 0.15) is 6.42 Å². The van der Waals surface area contributed by atoms with E-state index in [9.17, 15) is 18.0 Å². The second kappa shape index (κ2) is 6.31. The molecule has 1 aromatic rings. The van der Waals surface area contributed by atoms with E-state index in [1.165, 1.54) is 31.4 Å². The Morgan fingerprint density at radius 2 is 1.84 bits per heavy atom. The molecule has 0 aliphatic carbocycles. The van der Waals surface area contributed by atoms with E-state index in [4.69, 9.17) is 4.74 Å². The van der Waals surface area contributed by atoms with Gasteiger partial charge in [0.05, 0.1) is 20.6 Å². The molecule has 1 N–H and O–H groups in total. The van der Waals surface area contributed by atoms with E-state index in [1.54, 1.807) is 0 Å². The van der Waals surface area contributed by atoms with Crippen molar-refractivity contribution in [2.45, 2.75) is 18.6 Å². The number of carbonyl (C=O) groups is 1. The average Bonchev–Trinajstić information content (AvgIpc) is 2.37. The van der Waals surface area contributed by atoms with E-state index in [2.05, 4.69) is 10.1 Å². The van der Waals surface area contributed by atoms with Gasteiger partial charge in [0.2, 0.25) is 0 Å². The molecule has 0 radical (unpaired) electrons. The summed E-state index contributed by atoms with van der Waals surface area (Å²) in [4.78, 5) is 11.0. The molecule has 19 heavy (non-hydrogen) atoms. The number of esters is 1. The molecule has 7 heteroatoms. The lowest BCUT2D eigenvalue weighted by Crippen LogP contribution is -2.38. The zero-order chi connectivity index (χ0) is 14.5. The number of ether oxygens (including phenoxy) is 2. The Morgan fingerprint density at radius 1 is 1.26 bits per heavy atom. The van der Waals surface area contributed by atoms with Crippen LogP contribution < -0.4 is 10.1 Å². The molecule has 0 fully saturated rings. The second-order valence-electron chi connectivity index (χ2n) is 3.75. The van der Waals surface area contributed by atoms with Crippen LogP contribution in [0.4, 0.5) is 18.9 Å². The van der Waals surface area contributed by atoms with Crippen molar-refractivity contribution in [3.05, 3.63) is 24.3 Å². The normalized spacial score (nSPS) is 12.7. The van der Waals surface area contributed by atoms with Crippen molar-refractivity contribution >= 4 is 11.7 Å². The summed E-state index contributed by atoms with van der Waals surface area (Å²) in [5.74, 6) is -0.398. The fourth-order valence-electron chi connectivity index (χ4n) is 1.39. The van der Waals surface area contributed by atoms with Crippen LogP contribution in [0.5, 0.6) is 5.75 Å². The molecule has 0 aromatic heterocycles. The quantitative estimate of drug-likeness (QED) is 0.840. The maximum Gasteiger partial charge on any atom is 0.409 e. The summed E-state index contributed by atoms with van der Waals surface area (Å²) in [6.45, 7) is 0. The molecular formula is C12H14F3NO3. The van der Waals surface area contributed by atoms with Crippen molar-refractivity contribution in [2.75, 3.05) is 19.5 Å². The Kier molecular flexibility index (Phi) is 5.02. The fraction of sp³-hybridized carbons (Fsp3) is 0.417. The van der Waals surface area contributed by atoms with Gasteiger partial charge in [-0.25, -0.2) is 0 Å². The predicted molar refractivity (Wildman–Crippen MR) is 63.1 cm³/mol. The molecule has 4 nitrogen and oxygen atoms in total. The number of alkyl halides is 3. The zero-order valence-corrected chi connectivity index (χ0v) is 10.5. The largest absolute Gasteiger partial charge is 0.497 e. The third kappa shape index (κ3) is 4.69. The summed E-state index contributed by atoms with van der Waals surface area (Å²) in [7, 11) is 2.50. The van der Waals surface area contributed by atoms with Gasteiger partial charge in [-0.05, 0) is 24.3 Å². The minimum Gasteiger partial charge on any atom is -0.497 e. The van der Waals surface area contributed by atoms with Gasteiger partial charge >= 0.3 is 12.1 Å². The second-order valence-corrected chi connectivity index (χ2v) is 3.75. The van der Waals surface area contributed by atoms with Gasteiger partial charge in [-0.2, -0.15) is 13.2 Å². The number of carbonyl (C=O) groups excluding carboxylic acids is 1. The summed E-state index contributed by atoms with van der Waals surface area (Å²) in [6.07, 6.45) is -5.33. The van der Waals surface area contributed by atoms with Gasteiger partial charge in [0.1, 0.15) is 11.8 Å². The van der Waals surface area contributed by atoms with Gasteiger partial charge in [0, 0.05) is 5.69 Å². The predicted octanol–water partition coefficient (Wildman–Crippen LogP) is 2.60. The summed E-state index contributed by atoms with van der Waals surface area (Å²) < 4.78 is 47.4. The first kappa shape index (κ1) is 15.1. The molecular weight excluding hydrogens is 263 g/mol. The van der Waals surface area contributed by atoms with Crippen LogP contribution in [0.25, 0.3) is 0 Å². The lowest BCUT2D eigenvalue weighted by atomic mass is 10.2. The standard InChI is InChI=1S/C12H14F3NO3/c1-18-9-5-3-8(4-6-9)16-10(12(13,14)15)7-11(17)19-2/h3-6,10,16H,7H2,1-2H3/t10-/m1/s1. The molecule has 0 aliphatic heterocycles. The maximum atomic E-state index is 12.8. The van der Waals surface area contributed by atoms with E-state index in [-0.39, 0.29) is 5.69 Å². The highest BCUT2D eigenvalue weighted by atomic mass is 19.4. The molecule has 1 rings (SSSR count). The summed E-state index contributed by atoms with van der Waals surface area (Å²) in [5, 5.41) is 2.25. The molecule has 0 bridgehead atoms. The van der Waals surface area contributed by atoms with Crippen molar-refractivity contribution in [2.24, 2.45) is 0 Å². The van der Waals surface area contributed by atoms with E-state index < -0.39 is 24.6 Å². The van der Waals surface area contributed by atoms with Crippen LogP contribution in [0, 0.1) is 0 Å². The zero-order valence-electron chi connectivity index (χ0n) is 10.5. The third-order valence-corrected chi connectivity index (χ3v) is 2.42. The van der Waals surface area contributed by atoms with E-state index in [0.29, 0.717) is 5.75 Å². The number of methoxy groups -OCH3 is 2. The number of benzene rings is 1. The first-order valence-corrected chi connectivity index (χ1v) is 5.41. The van der Waals surface area contributed by atoms with Crippen LogP contribution >= 0.6 is 0 Å². The molecule has 0 saturated heterocycles. The van der Waals surface area contributed by atoms with Crippen LogP contribution in [-0.4, -0.2) is 32.4 Å². The number of hydrogen-bond acceptors (Lipinski definition) is 4. The molecule has 106 valence electrons. The summed E-state index contributed by atoms with van der Waals surface area (Å²) in [5.41, 5.74) is 0.243. The molecule has 1 aromatic carbocycles. The van der Waals surface area contributed by atoms with E-state index in [1.807, 2.05) is 0 Å². The number of hydrogen-bond donors (Lipinski definition) is 1. The monoisotopic (exact) mass is 277 g/mol. The lowest BCUT2D eigenvalue weighted by Gasteiger charge is -2.21. The van der Waals surface area contributed by atoms with Gasteiger partial charge < -0.3 is 14.8 Å². The fourth-order valence-corrected chi connectivity index (χ4v) is 1.39. The highest BCUT2D eigenvalue weighted by molar-refractivity contribution is 5.70. The van der Waals surface area contributed by atoms with Crippen molar-refractivity contribution in [3.63, 3.8) is 0 Å². The first-order valence-electron chi connectivity index (χ1n) is 5.41. The minimum absolute atomic E-state index is 0.243. The molecule has 0 aliphatic rings. The maximum absolute atomic E-state index is 12.8. The van der Waals surface area contributed by atoms with Crippen molar-refractivity contribution < 1.29 is 27.4 Å².